The van der Waals surface area contributed by atoms with Crippen LogP contribution in [0.5, 0.6) is 5.75 Å². The molecule has 1 aromatic carbocycles. The van der Waals surface area contributed by atoms with Crippen molar-refractivity contribution in [1.82, 2.24) is 10.2 Å². The van der Waals surface area contributed by atoms with E-state index in [1.165, 1.54) is 4.90 Å². The van der Waals surface area contributed by atoms with Crippen LogP contribution in [0.25, 0.3) is 0 Å². The summed E-state index contributed by atoms with van der Waals surface area (Å²) in [4.78, 5) is 27.6. The van der Waals surface area contributed by atoms with Crippen LogP contribution in [-0.2, 0) is 9.59 Å². The number of rotatable bonds is 5. The molecule has 1 aromatic rings. The molecule has 1 fully saturated rings. The number of benzene rings is 1. The van der Waals surface area contributed by atoms with E-state index in [0.29, 0.717) is 25.4 Å². The standard InChI is InChI=1S/C19H28BrN3O3/c1-19(2,3)21-17(24)13-22-9-4-10-23(12-11-22)18(25)14-26-16-7-5-15(20)6-8-16/h5-8H,4,9-14H2,1-3H3,(H,21,24)/p+1. The van der Waals surface area contributed by atoms with Crippen LogP contribution in [0.4, 0.5) is 0 Å². The molecule has 1 aliphatic rings. The van der Waals surface area contributed by atoms with Gasteiger partial charge in [0.15, 0.2) is 13.2 Å². The van der Waals surface area contributed by atoms with E-state index in [4.69, 9.17) is 4.74 Å². The Bertz CT molecular complexity index is 613. The molecule has 1 unspecified atom stereocenters. The van der Waals surface area contributed by atoms with Gasteiger partial charge >= 0.3 is 0 Å². The highest BCUT2D eigenvalue weighted by Crippen LogP contribution is 2.16. The van der Waals surface area contributed by atoms with Crippen LogP contribution in [0.1, 0.15) is 27.2 Å². The first-order chi connectivity index (χ1) is 12.2. The van der Waals surface area contributed by atoms with Crippen LogP contribution >= 0.6 is 15.9 Å². The quantitative estimate of drug-likeness (QED) is 0.733. The van der Waals surface area contributed by atoms with Crippen LogP contribution in [0.2, 0.25) is 0 Å². The van der Waals surface area contributed by atoms with Gasteiger partial charge in [0.2, 0.25) is 0 Å². The Morgan fingerprint density at radius 3 is 2.54 bits per heavy atom. The lowest BCUT2D eigenvalue weighted by Crippen LogP contribution is -3.13. The summed E-state index contributed by atoms with van der Waals surface area (Å²) in [5, 5.41) is 3.00. The number of hydrogen-bond acceptors (Lipinski definition) is 3. The summed E-state index contributed by atoms with van der Waals surface area (Å²) >= 11 is 3.37. The summed E-state index contributed by atoms with van der Waals surface area (Å²) in [5.41, 5.74) is -0.214. The summed E-state index contributed by atoms with van der Waals surface area (Å²) in [6, 6.07) is 7.43. The van der Waals surface area contributed by atoms with Gasteiger partial charge in [-0.1, -0.05) is 15.9 Å². The molecule has 0 saturated carbocycles. The second-order valence-corrected chi connectivity index (χ2v) is 8.62. The maximum Gasteiger partial charge on any atom is 0.275 e. The molecule has 0 spiro atoms. The van der Waals surface area contributed by atoms with Crippen molar-refractivity contribution in [2.24, 2.45) is 0 Å². The minimum atomic E-state index is -0.214. The van der Waals surface area contributed by atoms with E-state index in [1.807, 2.05) is 49.9 Å². The fourth-order valence-electron chi connectivity index (χ4n) is 2.93. The highest BCUT2D eigenvalue weighted by molar-refractivity contribution is 9.10. The Balaban J connectivity index is 1.77. The Hall–Kier alpha value is -1.60. The van der Waals surface area contributed by atoms with Gasteiger partial charge in [-0.3, -0.25) is 9.59 Å². The van der Waals surface area contributed by atoms with Crippen molar-refractivity contribution in [3.8, 4) is 5.75 Å². The van der Waals surface area contributed by atoms with E-state index in [0.717, 1.165) is 24.0 Å². The fourth-order valence-corrected chi connectivity index (χ4v) is 3.20. The summed E-state index contributed by atoms with van der Waals surface area (Å²) in [6.45, 7) is 9.48. The van der Waals surface area contributed by atoms with E-state index < -0.39 is 0 Å². The Morgan fingerprint density at radius 2 is 1.88 bits per heavy atom. The van der Waals surface area contributed by atoms with Crippen molar-refractivity contribution in [2.45, 2.75) is 32.7 Å². The van der Waals surface area contributed by atoms with Crippen LogP contribution in [0, 0.1) is 0 Å². The second kappa shape index (κ2) is 9.37. The number of ether oxygens (including phenoxy) is 1. The van der Waals surface area contributed by atoms with Crippen molar-refractivity contribution < 1.29 is 19.2 Å². The van der Waals surface area contributed by atoms with Crippen molar-refractivity contribution >= 4 is 27.7 Å². The van der Waals surface area contributed by atoms with Gasteiger partial charge in [-0.05, 0) is 45.0 Å². The molecule has 2 rings (SSSR count). The number of nitrogens with zero attached hydrogens (tertiary/aromatic N) is 1. The van der Waals surface area contributed by atoms with Crippen molar-refractivity contribution in [1.29, 1.82) is 0 Å². The third-order valence-electron chi connectivity index (χ3n) is 4.15. The first-order valence-electron chi connectivity index (χ1n) is 9.04. The molecule has 0 aliphatic carbocycles. The van der Waals surface area contributed by atoms with Gasteiger partial charge in [-0.15, -0.1) is 0 Å². The number of nitrogens with one attached hydrogen (secondary N) is 2. The number of carbonyl (C=O) groups excluding carboxylic acids is 2. The minimum absolute atomic E-state index is 0.00619. The van der Waals surface area contributed by atoms with Gasteiger partial charge < -0.3 is 19.9 Å². The molecule has 1 aliphatic heterocycles. The molecule has 2 amide bonds. The topological polar surface area (TPSA) is 63.1 Å². The Morgan fingerprint density at radius 1 is 1.19 bits per heavy atom. The number of halogens is 1. The predicted molar refractivity (Wildman–Crippen MR) is 104 cm³/mol. The highest BCUT2D eigenvalue weighted by Gasteiger charge is 2.24. The van der Waals surface area contributed by atoms with E-state index in [9.17, 15) is 9.59 Å². The molecule has 26 heavy (non-hydrogen) atoms. The lowest BCUT2D eigenvalue weighted by molar-refractivity contribution is -0.889. The molecule has 144 valence electrons. The third-order valence-corrected chi connectivity index (χ3v) is 4.68. The van der Waals surface area contributed by atoms with Gasteiger partial charge in [-0.25, -0.2) is 0 Å². The molecular formula is C19H29BrN3O3+. The van der Waals surface area contributed by atoms with Gasteiger partial charge in [0.1, 0.15) is 5.75 Å². The largest absolute Gasteiger partial charge is 0.484 e. The summed E-state index contributed by atoms with van der Waals surface area (Å²) < 4.78 is 6.55. The number of quaternary nitrogens is 1. The van der Waals surface area contributed by atoms with Gasteiger partial charge in [0.05, 0.1) is 19.6 Å². The van der Waals surface area contributed by atoms with Gasteiger partial charge in [-0.2, -0.15) is 0 Å². The summed E-state index contributed by atoms with van der Waals surface area (Å²) in [5.74, 6) is 0.738. The highest BCUT2D eigenvalue weighted by atomic mass is 79.9. The van der Waals surface area contributed by atoms with Crippen LogP contribution in [0.3, 0.4) is 0 Å². The van der Waals surface area contributed by atoms with E-state index in [2.05, 4.69) is 21.2 Å². The summed E-state index contributed by atoms with van der Waals surface area (Å²) in [7, 11) is 0. The molecule has 0 bridgehead atoms. The van der Waals surface area contributed by atoms with Gasteiger partial charge in [0, 0.05) is 23.0 Å². The molecular weight excluding hydrogens is 398 g/mol. The average Bonchev–Trinajstić information content (AvgIpc) is 2.78. The average molecular weight is 427 g/mol. The van der Waals surface area contributed by atoms with Crippen LogP contribution < -0.4 is 15.0 Å². The normalized spacial score (nSPS) is 18.2. The Labute approximate surface area is 164 Å². The molecule has 7 heteroatoms. The van der Waals surface area contributed by atoms with Gasteiger partial charge in [0.25, 0.3) is 11.8 Å². The molecule has 0 aromatic heterocycles. The predicted octanol–water partition coefficient (Wildman–Crippen LogP) is 0.860. The number of carbonyl (C=O) groups is 2. The SMILES string of the molecule is CC(C)(C)NC(=O)C[NH+]1CCCN(C(=O)COc2ccc(Br)cc2)CC1. The Kier molecular flexibility index (Phi) is 7.46. The summed E-state index contributed by atoms with van der Waals surface area (Å²) in [6.07, 6.45) is 0.891. The lowest BCUT2D eigenvalue weighted by atomic mass is 10.1. The monoisotopic (exact) mass is 426 g/mol. The fraction of sp³-hybridized carbons (Fsp3) is 0.579. The first-order valence-corrected chi connectivity index (χ1v) is 9.83. The lowest BCUT2D eigenvalue weighted by Gasteiger charge is -2.23. The van der Waals surface area contributed by atoms with E-state index in [1.54, 1.807) is 0 Å². The van der Waals surface area contributed by atoms with Crippen LogP contribution in [0.15, 0.2) is 28.7 Å². The first kappa shape index (κ1) is 20.7. The van der Waals surface area contributed by atoms with Crippen molar-refractivity contribution in [2.75, 3.05) is 39.3 Å². The van der Waals surface area contributed by atoms with E-state index >= 15 is 0 Å². The molecule has 0 radical (unpaired) electrons. The number of hydrogen-bond donors (Lipinski definition) is 2. The molecule has 1 heterocycles. The maximum atomic E-state index is 12.4. The van der Waals surface area contributed by atoms with E-state index in [-0.39, 0.29) is 24.0 Å². The molecule has 6 nitrogen and oxygen atoms in total. The second-order valence-electron chi connectivity index (χ2n) is 7.70. The maximum absolute atomic E-state index is 12.4. The third kappa shape index (κ3) is 7.33. The molecule has 2 N–H and O–H groups in total. The zero-order valence-corrected chi connectivity index (χ0v) is 17.4. The zero-order chi connectivity index (χ0) is 19.2. The smallest absolute Gasteiger partial charge is 0.275 e. The molecule has 1 saturated heterocycles. The van der Waals surface area contributed by atoms with Crippen molar-refractivity contribution in [3.63, 3.8) is 0 Å². The molecule has 1 atom stereocenters. The van der Waals surface area contributed by atoms with Crippen LogP contribution in [-0.4, -0.2) is 61.6 Å². The minimum Gasteiger partial charge on any atom is -0.484 e. The zero-order valence-electron chi connectivity index (χ0n) is 15.8. The number of amides is 2. The van der Waals surface area contributed by atoms with Crippen molar-refractivity contribution in [3.05, 3.63) is 28.7 Å².